The van der Waals surface area contributed by atoms with Gasteiger partial charge in [0.15, 0.2) is 5.82 Å². The number of hydrogen-bond donors (Lipinski definition) is 2. The Labute approximate surface area is 158 Å². The van der Waals surface area contributed by atoms with Crippen molar-refractivity contribution in [3.63, 3.8) is 0 Å². The molecule has 1 saturated heterocycles. The van der Waals surface area contributed by atoms with Crippen molar-refractivity contribution in [1.82, 2.24) is 24.8 Å². The second-order valence-electron chi connectivity index (χ2n) is 6.88. The molecule has 0 saturated carbocycles. The van der Waals surface area contributed by atoms with Crippen LogP contribution >= 0.6 is 0 Å². The van der Waals surface area contributed by atoms with Gasteiger partial charge in [-0.1, -0.05) is 0 Å². The van der Waals surface area contributed by atoms with Gasteiger partial charge in [-0.05, 0) is 18.9 Å². The van der Waals surface area contributed by atoms with Gasteiger partial charge in [-0.3, -0.25) is 9.78 Å². The SMILES string of the molecule is CN(C)C(=O)N[C@@H]1CCCN(c2cncc(Nc3ccc(=O)n(C)c3)n2)C1. The molecule has 0 aliphatic carbocycles. The van der Waals surface area contributed by atoms with E-state index in [0.29, 0.717) is 12.4 Å². The second-order valence-corrected chi connectivity index (χ2v) is 6.88. The average Bonchev–Trinajstić information content (AvgIpc) is 2.65. The van der Waals surface area contributed by atoms with Crippen LogP contribution in [0.5, 0.6) is 0 Å². The highest BCUT2D eigenvalue weighted by Crippen LogP contribution is 2.20. The van der Waals surface area contributed by atoms with Crippen molar-refractivity contribution in [2.45, 2.75) is 18.9 Å². The van der Waals surface area contributed by atoms with E-state index < -0.39 is 0 Å². The highest BCUT2D eigenvalue weighted by molar-refractivity contribution is 5.74. The fourth-order valence-electron chi connectivity index (χ4n) is 2.99. The van der Waals surface area contributed by atoms with Crippen molar-refractivity contribution in [3.05, 3.63) is 41.1 Å². The van der Waals surface area contributed by atoms with Gasteiger partial charge >= 0.3 is 6.03 Å². The Morgan fingerprint density at radius 3 is 2.85 bits per heavy atom. The first-order chi connectivity index (χ1) is 12.9. The van der Waals surface area contributed by atoms with E-state index in [1.807, 2.05) is 0 Å². The smallest absolute Gasteiger partial charge is 0.317 e. The summed E-state index contributed by atoms with van der Waals surface area (Å²) in [4.78, 5) is 36.0. The van der Waals surface area contributed by atoms with E-state index in [1.165, 1.54) is 15.5 Å². The molecule has 0 unspecified atom stereocenters. The zero-order chi connectivity index (χ0) is 19.4. The van der Waals surface area contributed by atoms with E-state index in [1.54, 1.807) is 45.8 Å². The monoisotopic (exact) mass is 371 g/mol. The Bertz CT molecular complexity index is 865. The van der Waals surface area contributed by atoms with Crippen LogP contribution in [-0.4, -0.2) is 58.7 Å². The molecular formula is C18H25N7O2. The van der Waals surface area contributed by atoms with E-state index in [4.69, 9.17) is 0 Å². The lowest BCUT2D eigenvalue weighted by Crippen LogP contribution is -2.50. The van der Waals surface area contributed by atoms with Crippen molar-refractivity contribution >= 4 is 23.4 Å². The van der Waals surface area contributed by atoms with Gasteiger partial charge in [0.05, 0.1) is 18.1 Å². The molecule has 2 aromatic rings. The predicted octanol–water partition coefficient (Wildman–Crippen LogP) is 1.16. The molecule has 27 heavy (non-hydrogen) atoms. The maximum atomic E-state index is 11.9. The lowest BCUT2D eigenvalue weighted by molar-refractivity contribution is 0.211. The standard InChI is InChI=1S/C18H25N7O2/c1-23(2)18(27)21-13-5-4-8-25(12-13)16-10-19-9-15(22-16)20-14-6-7-17(26)24(3)11-14/h6-7,9-11,13H,4-5,8,12H2,1-3H3,(H,20,22)(H,21,27)/t13-/m1/s1. The Morgan fingerprint density at radius 2 is 2.11 bits per heavy atom. The Hall–Kier alpha value is -3.10. The summed E-state index contributed by atoms with van der Waals surface area (Å²) in [5.74, 6) is 1.36. The number of nitrogens with one attached hydrogen (secondary N) is 2. The van der Waals surface area contributed by atoms with E-state index in [0.717, 1.165) is 30.9 Å². The minimum absolute atomic E-state index is 0.0699. The molecule has 2 amide bonds. The molecule has 3 heterocycles. The van der Waals surface area contributed by atoms with E-state index in [-0.39, 0.29) is 17.6 Å². The minimum Gasteiger partial charge on any atom is -0.353 e. The number of hydrogen-bond acceptors (Lipinski definition) is 6. The summed E-state index contributed by atoms with van der Waals surface area (Å²) >= 11 is 0. The van der Waals surface area contributed by atoms with Crippen molar-refractivity contribution in [2.24, 2.45) is 7.05 Å². The summed E-state index contributed by atoms with van der Waals surface area (Å²) in [6.45, 7) is 1.56. The summed E-state index contributed by atoms with van der Waals surface area (Å²) in [6.07, 6.45) is 6.99. The Balaban J connectivity index is 1.69. The Morgan fingerprint density at radius 1 is 1.30 bits per heavy atom. The van der Waals surface area contributed by atoms with Crippen LogP contribution in [0.3, 0.4) is 0 Å². The number of urea groups is 1. The van der Waals surface area contributed by atoms with Crippen LogP contribution in [0.1, 0.15) is 12.8 Å². The molecule has 9 heteroatoms. The van der Waals surface area contributed by atoms with Crippen LogP contribution in [0.4, 0.5) is 22.1 Å². The lowest BCUT2D eigenvalue weighted by atomic mass is 10.1. The van der Waals surface area contributed by atoms with E-state index >= 15 is 0 Å². The van der Waals surface area contributed by atoms with Gasteiger partial charge in [0, 0.05) is 52.5 Å². The van der Waals surface area contributed by atoms with Crippen LogP contribution in [0.25, 0.3) is 0 Å². The topological polar surface area (TPSA) is 95.4 Å². The summed E-state index contributed by atoms with van der Waals surface area (Å²) in [7, 11) is 5.16. The van der Waals surface area contributed by atoms with Crippen molar-refractivity contribution in [2.75, 3.05) is 37.4 Å². The molecule has 2 aromatic heterocycles. The molecule has 9 nitrogen and oxygen atoms in total. The number of carbonyl (C=O) groups is 1. The molecule has 1 atom stereocenters. The third kappa shape index (κ3) is 4.75. The number of rotatable bonds is 4. The molecule has 0 bridgehead atoms. The number of carbonyl (C=O) groups excluding carboxylic acids is 1. The number of nitrogens with zero attached hydrogens (tertiary/aromatic N) is 5. The van der Waals surface area contributed by atoms with Crippen LogP contribution < -0.4 is 21.1 Å². The lowest BCUT2D eigenvalue weighted by Gasteiger charge is -2.34. The van der Waals surface area contributed by atoms with E-state index in [9.17, 15) is 9.59 Å². The number of piperidine rings is 1. The number of amides is 2. The number of anilines is 3. The van der Waals surface area contributed by atoms with Gasteiger partial charge in [0.1, 0.15) is 5.82 Å². The van der Waals surface area contributed by atoms with Crippen molar-refractivity contribution in [3.8, 4) is 0 Å². The Kier molecular flexibility index (Phi) is 5.58. The molecule has 1 aliphatic rings. The van der Waals surface area contributed by atoms with Gasteiger partial charge in [0.2, 0.25) is 5.56 Å². The van der Waals surface area contributed by atoms with Crippen LogP contribution in [-0.2, 0) is 7.05 Å². The van der Waals surface area contributed by atoms with Crippen molar-refractivity contribution in [1.29, 1.82) is 0 Å². The summed E-state index contributed by atoms with van der Waals surface area (Å²) in [5.41, 5.74) is 0.692. The molecule has 1 aliphatic heterocycles. The van der Waals surface area contributed by atoms with Gasteiger partial charge in [-0.25, -0.2) is 9.78 Å². The van der Waals surface area contributed by atoms with Crippen LogP contribution in [0.2, 0.25) is 0 Å². The number of aromatic nitrogens is 3. The third-order valence-electron chi connectivity index (χ3n) is 4.46. The van der Waals surface area contributed by atoms with Crippen LogP contribution in [0, 0.1) is 0 Å². The molecule has 0 spiro atoms. The predicted molar refractivity (Wildman–Crippen MR) is 104 cm³/mol. The summed E-state index contributed by atoms with van der Waals surface area (Å²) < 4.78 is 1.50. The maximum absolute atomic E-state index is 11.9. The maximum Gasteiger partial charge on any atom is 0.317 e. The molecule has 144 valence electrons. The largest absolute Gasteiger partial charge is 0.353 e. The molecule has 0 radical (unpaired) electrons. The molecular weight excluding hydrogens is 346 g/mol. The van der Waals surface area contributed by atoms with Crippen molar-refractivity contribution < 1.29 is 4.79 Å². The minimum atomic E-state index is -0.0851. The highest BCUT2D eigenvalue weighted by Gasteiger charge is 2.23. The first kappa shape index (κ1) is 18.7. The second kappa shape index (κ2) is 8.07. The number of aryl methyl sites for hydroxylation is 1. The molecule has 0 aromatic carbocycles. The summed E-state index contributed by atoms with van der Waals surface area (Å²) in [5, 5.41) is 6.21. The third-order valence-corrected chi connectivity index (χ3v) is 4.46. The first-order valence-corrected chi connectivity index (χ1v) is 8.91. The highest BCUT2D eigenvalue weighted by atomic mass is 16.2. The normalized spacial score (nSPS) is 16.7. The van der Waals surface area contributed by atoms with Gasteiger partial charge in [0.25, 0.3) is 0 Å². The molecule has 2 N–H and O–H groups in total. The van der Waals surface area contributed by atoms with Gasteiger partial charge in [-0.15, -0.1) is 0 Å². The fourth-order valence-corrected chi connectivity index (χ4v) is 2.99. The zero-order valence-electron chi connectivity index (χ0n) is 15.8. The van der Waals surface area contributed by atoms with Gasteiger partial charge < -0.3 is 25.0 Å². The quantitative estimate of drug-likeness (QED) is 0.837. The fraction of sp³-hybridized carbons (Fsp3) is 0.444. The average molecular weight is 371 g/mol. The van der Waals surface area contributed by atoms with E-state index in [2.05, 4.69) is 25.5 Å². The molecule has 1 fully saturated rings. The van der Waals surface area contributed by atoms with Gasteiger partial charge in [-0.2, -0.15) is 0 Å². The first-order valence-electron chi connectivity index (χ1n) is 8.91. The van der Waals surface area contributed by atoms with Crippen LogP contribution in [0.15, 0.2) is 35.5 Å². The summed E-state index contributed by atoms with van der Waals surface area (Å²) in [6, 6.07) is 3.21. The number of pyridine rings is 1. The molecule has 3 rings (SSSR count). The zero-order valence-corrected chi connectivity index (χ0v) is 15.8.